The van der Waals surface area contributed by atoms with Crippen LogP contribution in [0.3, 0.4) is 0 Å². The van der Waals surface area contributed by atoms with Crippen molar-refractivity contribution in [3.63, 3.8) is 0 Å². The molecule has 0 aliphatic carbocycles. The van der Waals surface area contributed by atoms with Crippen molar-refractivity contribution in [3.05, 3.63) is 0 Å². The first kappa shape index (κ1) is 21.2. The summed E-state index contributed by atoms with van der Waals surface area (Å²) in [6.07, 6.45) is 3.94. The average Bonchev–Trinajstić information content (AvgIpc) is 2.52. The van der Waals surface area contributed by atoms with E-state index in [0.717, 1.165) is 31.5 Å². The van der Waals surface area contributed by atoms with Crippen LogP contribution in [0.5, 0.6) is 0 Å². The van der Waals surface area contributed by atoms with Gasteiger partial charge in [-0.05, 0) is 66.0 Å². The van der Waals surface area contributed by atoms with Gasteiger partial charge in [-0.15, -0.1) is 0 Å². The minimum Gasteiger partial charge on any atom is -0.356 e. The third-order valence-corrected chi connectivity index (χ3v) is 4.90. The van der Waals surface area contributed by atoms with E-state index < -0.39 is 0 Å². The number of hydrogen-bond acceptors (Lipinski definition) is 3. The van der Waals surface area contributed by atoms with Crippen LogP contribution in [0.4, 0.5) is 0 Å². The van der Waals surface area contributed by atoms with E-state index in [2.05, 4.69) is 60.0 Å². The minimum absolute atomic E-state index is 0.578. The van der Waals surface area contributed by atoms with Crippen molar-refractivity contribution >= 4 is 5.96 Å². The first-order valence-corrected chi connectivity index (χ1v) is 9.86. The molecule has 0 aromatic heterocycles. The quantitative estimate of drug-likeness (QED) is 0.385. The van der Waals surface area contributed by atoms with Crippen molar-refractivity contribution in [3.8, 4) is 0 Å². The Balaban J connectivity index is 2.16. The number of guanidine groups is 1. The fourth-order valence-electron chi connectivity index (χ4n) is 3.64. The standard InChI is InChI=1S/C19H41N5/c1-16(2)24(17(3)4)14-11-22-19(20-6)21-10-8-13-23-12-7-9-18(5)15-23/h16-18H,7-15H2,1-6H3,(H2,20,21,22). The van der Waals surface area contributed by atoms with Crippen LogP contribution in [-0.4, -0.2) is 74.2 Å². The van der Waals surface area contributed by atoms with E-state index >= 15 is 0 Å². The third kappa shape index (κ3) is 8.34. The van der Waals surface area contributed by atoms with E-state index in [1.807, 2.05) is 7.05 Å². The molecule has 1 heterocycles. The Morgan fingerprint density at radius 2 is 1.83 bits per heavy atom. The lowest BCUT2D eigenvalue weighted by Crippen LogP contribution is -2.45. The van der Waals surface area contributed by atoms with E-state index in [4.69, 9.17) is 0 Å². The monoisotopic (exact) mass is 339 g/mol. The smallest absolute Gasteiger partial charge is 0.191 e. The summed E-state index contributed by atoms with van der Waals surface area (Å²) in [6, 6.07) is 1.16. The van der Waals surface area contributed by atoms with Crippen LogP contribution < -0.4 is 10.6 Å². The molecule has 0 aromatic carbocycles. The molecule has 5 nitrogen and oxygen atoms in total. The maximum atomic E-state index is 4.33. The van der Waals surface area contributed by atoms with Crippen molar-refractivity contribution < 1.29 is 0 Å². The van der Waals surface area contributed by atoms with Crippen LogP contribution in [-0.2, 0) is 0 Å². The van der Waals surface area contributed by atoms with E-state index in [1.54, 1.807) is 0 Å². The van der Waals surface area contributed by atoms with Crippen molar-refractivity contribution in [2.75, 3.05) is 46.3 Å². The largest absolute Gasteiger partial charge is 0.356 e. The Labute approximate surface area is 150 Å². The molecule has 142 valence electrons. The highest BCUT2D eigenvalue weighted by atomic mass is 15.2. The molecule has 0 saturated carbocycles. The maximum absolute atomic E-state index is 4.33. The lowest BCUT2D eigenvalue weighted by molar-refractivity contribution is 0.178. The van der Waals surface area contributed by atoms with Crippen molar-refractivity contribution in [2.45, 2.75) is 66.0 Å². The van der Waals surface area contributed by atoms with E-state index in [9.17, 15) is 0 Å². The van der Waals surface area contributed by atoms with Gasteiger partial charge in [-0.1, -0.05) is 6.92 Å². The zero-order valence-corrected chi connectivity index (χ0v) is 16.9. The molecule has 1 aliphatic rings. The zero-order valence-electron chi connectivity index (χ0n) is 16.9. The second kappa shape index (κ2) is 11.7. The molecular formula is C19H41N5. The predicted molar refractivity (Wildman–Crippen MR) is 106 cm³/mol. The van der Waals surface area contributed by atoms with Gasteiger partial charge in [-0.3, -0.25) is 9.89 Å². The Morgan fingerprint density at radius 1 is 1.17 bits per heavy atom. The van der Waals surface area contributed by atoms with Gasteiger partial charge in [0.15, 0.2) is 5.96 Å². The summed E-state index contributed by atoms with van der Waals surface area (Å²) in [5, 5.41) is 6.88. The van der Waals surface area contributed by atoms with Gasteiger partial charge in [-0.2, -0.15) is 0 Å². The molecule has 0 radical (unpaired) electrons. The van der Waals surface area contributed by atoms with Gasteiger partial charge >= 0.3 is 0 Å². The molecule has 1 saturated heterocycles. The summed E-state index contributed by atoms with van der Waals surface area (Å²) in [5.74, 6) is 1.79. The summed E-state index contributed by atoms with van der Waals surface area (Å²) >= 11 is 0. The lowest BCUT2D eigenvalue weighted by Gasteiger charge is -2.31. The normalized spacial score (nSPS) is 20.2. The summed E-state index contributed by atoms with van der Waals surface area (Å²) in [6.45, 7) is 18.1. The summed E-state index contributed by atoms with van der Waals surface area (Å²) in [7, 11) is 1.85. The number of hydrogen-bond donors (Lipinski definition) is 2. The number of piperidine rings is 1. The number of nitrogens with one attached hydrogen (secondary N) is 2. The second-order valence-electron chi connectivity index (χ2n) is 7.75. The van der Waals surface area contributed by atoms with E-state index in [1.165, 1.54) is 38.9 Å². The van der Waals surface area contributed by atoms with E-state index in [0.29, 0.717) is 12.1 Å². The zero-order chi connectivity index (χ0) is 17.9. The van der Waals surface area contributed by atoms with Gasteiger partial charge < -0.3 is 15.5 Å². The van der Waals surface area contributed by atoms with Crippen LogP contribution in [0.2, 0.25) is 0 Å². The SMILES string of the molecule is CN=C(NCCCN1CCCC(C)C1)NCCN(C(C)C)C(C)C. The molecule has 5 heteroatoms. The summed E-state index contributed by atoms with van der Waals surface area (Å²) in [5.41, 5.74) is 0. The molecule has 1 rings (SSSR count). The highest BCUT2D eigenvalue weighted by molar-refractivity contribution is 5.79. The molecule has 1 fully saturated rings. The fourth-order valence-corrected chi connectivity index (χ4v) is 3.64. The van der Waals surface area contributed by atoms with Crippen LogP contribution >= 0.6 is 0 Å². The van der Waals surface area contributed by atoms with Crippen LogP contribution in [0.25, 0.3) is 0 Å². The molecule has 0 aromatic rings. The van der Waals surface area contributed by atoms with Crippen LogP contribution in [0.1, 0.15) is 53.9 Å². The lowest BCUT2D eigenvalue weighted by atomic mass is 10.0. The molecule has 1 atom stereocenters. The van der Waals surface area contributed by atoms with Crippen molar-refractivity contribution in [1.29, 1.82) is 0 Å². The molecule has 24 heavy (non-hydrogen) atoms. The Bertz CT molecular complexity index is 346. The number of likely N-dealkylation sites (tertiary alicyclic amines) is 1. The molecule has 0 bridgehead atoms. The molecule has 0 spiro atoms. The predicted octanol–water partition coefficient (Wildman–Crippen LogP) is 2.39. The van der Waals surface area contributed by atoms with Gasteiger partial charge in [0.2, 0.25) is 0 Å². The van der Waals surface area contributed by atoms with Crippen LogP contribution in [0.15, 0.2) is 4.99 Å². The second-order valence-corrected chi connectivity index (χ2v) is 7.75. The fraction of sp³-hybridized carbons (Fsp3) is 0.947. The van der Waals surface area contributed by atoms with Crippen molar-refractivity contribution in [1.82, 2.24) is 20.4 Å². The van der Waals surface area contributed by atoms with Gasteiger partial charge in [-0.25, -0.2) is 0 Å². The number of aliphatic imine (C=N–C) groups is 1. The van der Waals surface area contributed by atoms with Gasteiger partial charge in [0.05, 0.1) is 0 Å². The number of rotatable bonds is 9. The van der Waals surface area contributed by atoms with Crippen LogP contribution in [0, 0.1) is 5.92 Å². The Morgan fingerprint density at radius 3 is 2.42 bits per heavy atom. The highest BCUT2D eigenvalue weighted by Crippen LogP contribution is 2.15. The summed E-state index contributed by atoms with van der Waals surface area (Å²) < 4.78 is 0. The maximum Gasteiger partial charge on any atom is 0.191 e. The third-order valence-electron chi connectivity index (χ3n) is 4.90. The van der Waals surface area contributed by atoms with Crippen molar-refractivity contribution in [2.24, 2.45) is 10.9 Å². The van der Waals surface area contributed by atoms with Gasteiger partial charge in [0, 0.05) is 45.3 Å². The topological polar surface area (TPSA) is 42.9 Å². The van der Waals surface area contributed by atoms with Gasteiger partial charge in [0.25, 0.3) is 0 Å². The average molecular weight is 340 g/mol. The molecule has 0 amide bonds. The number of nitrogens with zero attached hydrogens (tertiary/aromatic N) is 3. The van der Waals surface area contributed by atoms with Gasteiger partial charge in [0.1, 0.15) is 0 Å². The molecular weight excluding hydrogens is 298 g/mol. The molecule has 1 unspecified atom stereocenters. The first-order chi connectivity index (χ1) is 11.4. The minimum atomic E-state index is 0.578. The van der Waals surface area contributed by atoms with E-state index in [-0.39, 0.29) is 0 Å². The molecule has 1 aliphatic heterocycles. The first-order valence-electron chi connectivity index (χ1n) is 9.86. The highest BCUT2D eigenvalue weighted by Gasteiger charge is 2.15. The Kier molecular flexibility index (Phi) is 10.3. The Hall–Kier alpha value is -0.810. The summed E-state index contributed by atoms with van der Waals surface area (Å²) in [4.78, 5) is 9.44. The molecule has 2 N–H and O–H groups in total.